The number of aromatic nitrogens is 2. The normalized spacial score (nSPS) is 11.3. The van der Waals surface area contributed by atoms with Crippen molar-refractivity contribution < 1.29 is 0 Å². The maximum atomic E-state index is 6.27. The summed E-state index contributed by atoms with van der Waals surface area (Å²) in [6, 6.07) is 8.47. The van der Waals surface area contributed by atoms with Crippen molar-refractivity contribution in [3.8, 4) is 0 Å². The van der Waals surface area contributed by atoms with Gasteiger partial charge in [0.2, 0.25) is 0 Å². The maximum absolute atomic E-state index is 6.27. The fourth-order valence-electron chi connectivity index (χ4n) is 2.26. The van der Waals surface area contributed by atoms with Crippen molar-refractivity contribution in [1.82, 2.24) is 14.7 Å². The Bertz CT molecular complexity index is 575. The standard InChI is InChI=1S/C15H20ClN3/c1-11-7-5-6-8-13(11)9-18(3)10-14-12(2)17-19(4)15(14)16/h5-8H,9-10H2,1-4H3. The second-order valence-electron chi connectivity index (χ2n) is 5.08. The Morgan fingerprint density at radius 2 is 1.89 bits per heavy atom. The van der Waals surface area contributed by atoms with E-state index in [1.165, 1.54) is 11.1 Å². The van der Waals surface area contributed by atoms with Crippen LogP contribution in [0, 0.1) is 13.8 Å². The van der Waals surface area contributed by atoms with Gasteiger partial charge in [-0.1, -0.05) is 35.9 Å². The number of hydrogen-bond donors (Lipinski definition) is 0. The maximum Gasteiger partial charge on any atom is 0.131 e. The molecular formula is C15H20ClN3. The van der Waals surface area contributed by atoms with E-state index in [2.05, 4.69) is 48.2 Å². The van der Waals surface area contributed by atoms with E-state index < -0.39 is 0 Å². The van der Waals surface area contributed by atoms with Gasteiger partial charge < -0.3 is 0 Å². The van der Waals surface area contributed by atoms with Crippen LogP contribution in [0.5, 0.6) is 0 Å². The van der Waals surface area contributed by atoms with Gasteiger partial charge in [-0.15, -0.1) is 0 Å². The topological polar surface area (TPSA) is 21.1 Å². The van der Waals surface area contributed by atoms with Crippen LogP contribution in [0.25, 0.3) is 0 Å². The number of halogens is 1. The Morgan fingerprint density at radius 1 is 1.21 bits per heavy atom. The van der Waals surface area contributed by atoms with Gasteiger partial charge in [-0.3, -0.25) is 9.58 Å². The molecule has 0 aliphatic rings. The van der Waals surface area contributed by atoms with E-state index in [-0.39, 0.29) is 0 Å². The van der Waals surface area contributed by atoms with E-state index in [1.54, 1.807) is 4.68 Å². The van der Waals surface area contributed by atoms with Gasteiger partial charge in [-0.2, -0.15) is 5.10 Å². The summed E-state index contributed by atoms with van der Waals surface area (Å²) in [6.07, 6.45) is 0. The highest BCUT2D eigenvalue weighted by Crippen LogP contribution is 2.21. The van der Waals surface area contributed by atoms with E-state index in [4.69, 9.17) is 11.6 Å². The van der Waals surface area contributed by atoms with E-state index in [0.717, 1.165) is 29.5 Å². The third-order valence-electron chi connectivity index (χ3n) is 3.40. The number of rotatable bonds is 4. The van der Waals surface area contributed by atoms with Gasteiger partial charge in [0.1, 0.15) is 5.15 Å². The van der Waals surface area contributed by atoms with Crippen molar-refractivity contribution in [2.24, 2.45) is 7.05 Å². The summed E-state index contributed by atoms with van der Waals surface area (Å²) < 4.78 is 1.73. The highest BCUT2D eigenvalue weighted by Gasteiger charge is 2.13. The van der Waals surface area contributed by atoms with Crippen LogP contribution >= 0.6 is 11.6 Å². The first-order valence-corrected chi connectivity index (χ1v) is 6.78. The Labute approximate surface area is 119 Å². The van der Waals surface area contributed by atoms with Crippen LogP contribution in [-0.2, 0) is 20.1 Å². The molecular weight excluding hydrogens is 258 g/mol. The molecule has 0 unspecified atom stereocenters. The molecule has 1 aromatic carbocycles. The molecule has 0 saturated heterocycles. The Balaban J connectivity index is 2.10. The Kier molecular flexibility index (Phi) is 4.27. The first-order valence-electron chi connectivity index (χ1n) is 6.40. The lowest BCUT2D eigenvalue weighted by atomic mass is 10.1. The van der Waals surface area contributed by atoms with Crippen molar-refractivity contribution in [2.75, 3.05) is 7.05 Å². The third kappa shape index (κ3) is 3.17. The van der Waals surface area contributed by atoms with Gasteiger partial charge >= 0.3 is 0 Å². The molecule has 0 spiro atoms. The number of nitrogens with zero attached hydrogens (tertiary/aromatic N) is 3. The molecule has 0 aliphatic heterocycles. The molecule has 1 aromatic heterocycles. The molecule has 0 saturated carbocycles. The molecule has 4 heteroatoms. The first kappa shape index (κ1) is 14.1. The van der Waals surface area contributed by atoms with Crippen LogP contribution in [0.15, 0.2) is 24.3 Å². The van der Waals surface area contributed by atoms with E-state index in [0.29, 0.717) is 0 Å². The molecule has 2 aromatic rings. The lowest BCUT2D eigenvalue weighted by Crippen LogP contribution is -2.18. The third-order valence-corrected chi connectivity index (χ3v) is 3.87. The van der Waals surface area contributed by atoms with Gasteiger partial charge in [0, 0.05) is 25.7 Å². The summed E-state index contributed by atoms with van der Waals surface area (Å²) in [5, 5.41) is 5.08. The summed E-state index contributed by atoms with van der Waals surface area (Å²) in [4.78, 5) is 2.26. The van der Waals surface area contributed by atoms with Crippen LogP contribution in [0.1, 0.15) is 22.4 Å². The quantitative estimate of drug-likeness (QED) is 0.855. The van der Waals surface area contributed by atoms with Crippen molar-refractivity contribution in [2.45, 2.75) is 26.9 Å². The van der Waals surface area contributed by atoms with Crippen LogP contribution < -0.4 is 0 Å². The fraction of sp³-hybridized carbons (Fsp3) is 0.400. The smallest absolute Gasteiger partial charge is 0.131 e. The predicted octanol–water partition coefficient (Wildman–Crippen LogP) is 3.32. The molecule has 1 heterocycles. The number of hydrogen-bond acceptors (Lipinski definition) is 2. The fourth-order valence-corrected chi connectivity index (χ4v) is 2.49. The second kappa shape index (κ2) is 5.76. The molecule has 102 valence electrons. The lowest BCUT2D eigenvalue weighted by Gasteiger charge is -2.18. The second-order valence-corrected chi connectivity index (χ2v) is 5.44. The molecule has 3 nitrogen and oxygen atoms in total. The van der Waals surface area contributed by atoms with Crippen LogP contribution in [0.2, 0.25) is 5.15 Å². The molecule has 19 heavy (non-hydrogen) atoms. The molecule has 0 aliphatic carbocycles. The molecule has 0 N–H and O–H groups in total. The molecule has 0 atom stereocenters. The Hall–Kier alpha value is -1.32. The van der Waals surface area contributed by atoms with E-state index >= 15 is 0 Å². The van der Waals surface area contributed by atoms with Crippen molar-refractivity contribution in [3.63, 3.8) is 0 Å². The predicted molar refractivity (Wildman–Crippen MR) is 79.3 cm³/mol. The molecule has 0 radical (unpaired) electrons. The number of aryl methyl sites for hydroxylation is 3. The lowest BCUT2D eigenvalue weighted by molar-refractivity contribution is 0.318. The Morgan fingerprint density at radius 3 is 2.47 bits per heavy atom. The summed E-state index contributed by atoms with van der Waals surface area (Å²) in [6.45, 7) is 5.87. The van der Waals surface area contributed by atoms with Crippen molar-refractivity contribution in [1.29, 1.82) is 0 Å². The van der Waals surface area contributed by atoms with Crippen LogP contribution in [-0.4, -0.2) is 21.7 Å². The van der Waals surface area contributed by atoms with Crippen molar-refractivity contribution in [3.05, 3.63) is 51.8 Å². The molecule has 0 amide bonds. The minimum atomic E-state index is 0.731. The highest BCUT2D eigenvalue weighted by atomic mass is 35.5. The van der Waals surface area contributed by atoms with Gasteiger partial charge in [0.15, 0.2) is 0 Å². The highest BCUT2D eigenvalue weighted by molar-refractivity contribution is 6.30. The first-order chi connectivity index (χ1) is 8.99. The SMILES string of the molecule is Cc1ccccc1CN(C)Cc1c(C)nn(C)c1Cl. The van der Waals surface area contributed by atoms with Crippen LogP contribution in [0.3, 0.4) is 0 Å². The average molecular weight is 278 g/mol. The van der Waals surface area contributed by atoms with E-state index in [9.17, 15) is 0 Å². The summed E-state index contributed by atoms with van der Waals surface area (Å²) in [5.41, 5.74) is 4.79. The largest absolute Gasteiger partial charge is 0.298 e. The zero-order valence-corrected chi connectivity index (χ0v) is 12.7. The van der Waals surface area contributed by atoms with Gasteiger partial charge in [0.25, 0.3) is 0 Å². The van der Waals surface area contributed by atoms with Gasteiger partial charge in [-0.25, -0.2) is 0 Å². The summed E-state index contributed by atoms with van der Waals surface area (Å²) in [5.74, 6) is 0. The van der Waals surface area contributed by atoms with Gasteiger partial charge in [-0.05, 0) is 32.0 Å². The number of benzene rings is 1. The molecule has 0 fully saturated rings. The summed E-state index contributed by atoms with van der Waals surface area (Å²) in [7, 11) is 3.98. The van der Waals surface area contributed by atoms with E-state index in [1.807, 2.05) is 14.0 Å². The molecule has 2 rings (SSSR count). The average Bonchev–Trinajstić information content (AvgIpc) is 2.59. The van der Waals surface area contributed by atoms with Crippen molar-refractivity contribution >= 4 is 11.6 Å². The summed E-state index contributed by atoms with van der Waals surface area (Å²) >= 11 is 6.27. The minimum absolute atomic E-state index is 0.731. The monoisotopic (exact) mass is 277 g/mol. The zero-order valence-electron chi connectivity index (χ0n) is 11.9. The minimum Gasteiger partial charge on any atom is -0.298 e. The molecule has 0 bridgehead atoms. The van der Waals surface area contributed by atoms with Crippen LogP contribution in [0.4, 0.5) is 0 Å². The zero-order chi connectivity index (χ0) is 14.0. The van der Waals surface area contributed by atoms with Gasteiger partial charge in [0.05, 0.1) is 5.69 Å².